The Bertz CT molecular complexity index is 403. The Kier molecular flexibility index (Phi) is 4.46. The molecule has 2 amide bonds. The molecule has 3 N–H and O–H groups in total. The van der Waals surface area contributed by atoms with Crippen LogP contribution in [0.4, 0.5) is 10.5 Å². The number of anilines is 1. The highest BCUT2D eigenvalue weighted by Crippen LogP contribution is 2.02. The normalized spacial score (nSPS) is 11.9. The summed E-state index contributed by atoms with van der Waals surface area (Å²) < 4.78 is 6.19. The van der Waals surface area contributed by atoms with Crippen molar-refractivity contribution < 1.29 is 19.4 Å². The quantitative estimate of drug-likeness (QED) is 0.654. The van der Waals surface area contributed by atoms with Gasteiger partial charge in [-0.25, -0.2) is 9.59 Å². The maximum absolute atomic E-state index is 11.4. The first kappa shape index (κ1) is 13.0. The van der Waals surface area contributed by atoms with Crippen LogP contribution in [0.15, 0.2) is 12.4 Å². The Morgan fingerprint density at radius 2 is 2.35 bits per heavy atom. The molecule has 0 bridgehead atoms. The maximum Gasteiger partial charge on any atom is 0.334 e. The van der Waals surface area contributed by atoms with E-state index in [0.29, 0.717) is 5.69 Å². The smallest absolute Gasteiger partial charge is 0.334 e. The van der Waals surface area contributed by atoms with Crippen LogP contribution in [0, 0.1) is 0 Å². The average Bonchev–Trinajstić information content (AvgIpc) is 2.64. The minimum Gasteiger partial charge on any atom is -0.479 e. The van der Waals surface area contributed by atoms with E-state index in [9.17, 15) is 9.59 Å². The lowest BCUT2D eigenvalue weighted by molar-refractivity contribution is -0.147. The number of hydrogen-bond acceptors (Lipinski definition) is 4. The van der Waals surface area contributed by atoms with E-state index in [4.69, 9.17) is 5.11 Å². The third-order valence-electron chi connectivity index (χ3n) is 1.97. The van der Waals surface area contributed by atoms with Gasteiger partial charge in [0.15, 0.2) is 6.10 Å². The largest absolute Gasteiger partial charge is 0.479 e. The molecule has 0 aliphatic heterocycles. The predicted molar refractivity (Wildman–Crippen MR) is 58.7 cm³/mol. The molecule has 1 heterocycles. The number of carboxylic acids is 1. The highest BCUT2D eigenvalue weighted by molar-refractivity contribution is 5.89. The van der Waals surface area contributed by atoms with Gasteiger partial charge < -0.3 is 20.5 Å². The predicted octanol–water partition coefficient (Wildman–Crippen LogP) is -0.359. The average molecular weight is 242 g/mol. The van der Waals surface area contributed by atoms with Gasteiger partial charge in [0, 0.05) is 20.4 Å². The molecule has 1 aromatic rings. The molecular weight excluding hydrogens is 228 g/mol. The number of aryl methyl sites for hydroxylation is 1. The van der Waals surface area contributed by atoms with Crippen molar-refractivity contribution in [2.75, 3.05) is 19.0 Å². The zero-order chi connectivity index (χ0) is 12.8. The van der Waals surface area contributed by atoms with Gasteiger partial charge in [0.05, 0.1) is 18.4 Å². The molecule has 0 spiro atoms. The lowest BCUT2D eigenvalue weighted by atomic mass is 10.3. The van der Waals surface area contributed by atoms with Crippen LogP contribution in [-0.4, -0.2) is 46.6 Å². The van der Waals surface area contributed by atoms with Crippen LogP contribution in [0.1, 0.15) is 0 Å². The van der Waals surface area contributed by atoms with Crippen LogP contribution >= 0.6 is 0 Å². The minimum absolute atomic E-state index is 0.113. The Morgan fingerprint density at radius 3 is 2.82 bits per heavy atom. The zero-order valence-corrected chi connectivity index (χ0v) is 9.51. The van der Waals surface area contributed by atoms with E-state index in [1.54, 1.807) is 13.2 Å². The van der Waals surface area contributed by atoms with Crippen molar-refractivity contribution in [3.8, 4) is 0 Å². The molecule has 0 saturated carbocycles. The number of rotatable bonds is 5. The summed E-state index contributed by atoms with van der Waals surface area (Å²) in [5, 5.41) is 17.4. The zero-order valence-electron chi connectivity index (χ0n) is 9.51. The van der Waals surface area contributed by atoms with E-state index < -0.39 is 18.1 Å². The van der Waals surface area contributed by atoms with E-state index in [2.05, 4.69) is 20.5 Å². The van der Waals surface area contributed by atoms with Gasteiger partial charge in [-0.1, -0.05) is 0 Å². The summed E-state index contributed by atoms with van der Waals surface area (Å²) in [6.07, 6.45) is 2.03. The standard InChI is InChI=1S/C9H14N4O4/c1-13-5-6(3-11-13)12-9(16)10-4-7(17-2)8(14)15/h3,5,7H,4H2,1-2H3,(H,14,15)(H2,10,12,16). The summed E-state index contributed by atoms with van der Waals surface area (Å²) >= 11 is 0. The third-order valence-corrected chi connectivity index (χ3v) is 1.97. The summed E-state index contributed by atoms with van der Waals surface area (Å²) in [6, 6.07) is -0.513. The first-order valence-electron chi connectivity index (χ1n) is 4.82. The van der Waals surface area contributed by atoms with Gasteiger partial charge in [-0.15, -0.1) is 0 Å². The number of nitrogens with one attached hydrogen (secondary N) is 2. The second kappa shape index (κ2) is 5.85. The summed E-state index contributed by atoms with van der Waals surface area (Å²) in [4.78, 5) is 22.0. The van der Waals surface area contributed by atoms with Crippen molar-refractivity contribution >= 4 is 17.7 Å². The van der Waals surface area contributed by atoms with Crippen LogP contribution in [0.25, 0.3) is 0 Å². The van der Waals surface area contributed by atoms with Crippen molar-refractivity contribution in [2.45, 2.75) is 6.10 Å². The second-order valence-electron chi connectivity index (χ2n) is 3.30. The number of aromatic nitrogens is 2. The number of carbonyl (C=O) groups excluding carboxylic acids is 1. The second-order valence-corrected chi connectivity index (χ2v) is 3.30. The fraction of sp³-hybridized carbons (Fsp3) is 0.444. The van der Waals surface area contributed by atoms with Gasteiger partial charge in [0.25, 0.3) is 0 Å². The molecule has 0 fully saturated rings. The van der Waals surface area contributed by atoms with E-state index >= 15 is 0 Å². The number of ether oxygens (including phenoxy) is 1. The van der Waals surface area contributed by atoms with Crippen molar-refractivity contribution in [3.63, 3.8) is 0 Å². The maximum atomic E-state index is 11.4. The highest BCUT2D eigenvalue weighted by atomic mass is 16.5. The van der Waals surface area contributed by atoms with Crippen LogP contribution in [0.5, 0.6) is 0 Å². The Labute approximate surface area is 97.6 Å². The van der Waals surface area contributed by atoms with Crippen molar-refractivity contribution in [2.24, 2.45) is 7.05 Å². The Balaban J connectivity index is 2.37. The van der Waals surface area contributed by atoms with Crippen LogP contribution < -0.4 is 10.6 Å². The number of aliphatic carboxylic acids is 1. The van der Waals surface area contributed by atoms with Gasteiger partial charge in [-0.2, -0.15) is 5.10 Å². The van der Waals surface area contributed by atoms with Gasteiger partial charge in [-0.3, -0.25) is 4.68 Å². The first-order chi connectivity index (χ1) is 8.02. The highest BCUT2D eigenvalue weighted by Gasteiger charge is 2.17. The molecule has 0 aromatic carbocycles. The number of carbonyl (C=O) groups is 2. The number of urea groups is 1. The van der Waals surface area contributed by atoms with Crippen LogP contribution in [-0.2, 0) is 16.6 Å². The van der Waals surface area contributed by atoms with Gasteiger partial charge in [0.1, 0.15) is 0 Å². The number of amides is 2. The van der Waals surface area contributed by atoms with Crippen molar-refractivity contribution in [1.82, 2.24) is 15.1 Å². The molecule has 17 heavy (non-hydrogen) atoms. The van der Waals surface area contributed by atoms with E-state index in [1.165, 1.54) is 18.0 Å². The molecular formula is C9H14N4O4. The molecule has 0 radical (unpaired) electrons. The monoisotopic (exact) mass is 242 g/mol. The first-order valence-corrected chi connectivity index (χ1v) is 4.82. The number of carboxylic acid groups (broad SMARTS) is 1. The summed E-state index contributed by atoms with van der Waals surface area (Å²) in [5.41, 5.74) is 0.522. The number of hydrogen-bond donors (Lipinski definition) is 3. The Hall–Kier alpha value is -2.09. The summed E-state index contributed by atoms with van der Waals surface area (Å²) in [5.74, 6) is -1.13. The number of nitrogens with zero attached hydrogens (tertiary/aromatic N) is 2. The fourth-order valence-electron chi connectivity index (χ4n) is 1.12. The lowest BCUT2D eigenvalue weighted by Gasteiger charge is -2.11. The van der Waals surface area contributed by atoms with Crippen molar-refractivity contribution in [1.29, 1.82) is 0 Å². The number of methoxy groups -OCH3 is 1. The molecule has 0 saturated heterocycles. The fourth-order valence-corrected chi connectivity index (χ4v) is 1.12. The molecule has 8 nitrogen and oxygen atoms in total. The Morgan fingerprint density at radius 1 is 1.65 bits per heavy atom. The molecule has 1 atom stereocenters. The van der Waals surface area contributed by atoms with Gasteiger partial charge >= 0.3 is 12.0 Å². The molecule has 0 aliphatic rings. The summed E-state index contributed by atoms with van der Waals surface area (Å²) in [7, 11) is 2.98. The molecule has 1 aromatic heterocycles. The third kappa shape index (κ3) is 4.11. The van der Waals surface area contributed by atoms with E-state index in [-0.39, 0.29) is 6.54 Å². The van der Waals surface area contributed by atoms with E-state index in [0.717, 1.165) is 0 Å². The van der Waals surface area contributed by atoms with E-state index in [1.807, 2.05) is 0 Å². The molecule has 94 valence electrons. The van der Waals surface area contributed by atoms with Crippen LogP contribution in [0.3, 0.4) is 0 Å². The van der Waals surface area contributed by atoms with Crippen molar-refractivity contribution in [3.05, 3.63) is 12.4 Å². The van der Waals surface area contributed by atoms with Gasteiger partial charge in [0.2, 0.25) is 0 Å². The molecule has 1 unspecified atom stereocenters. The molecule has 8 heteroatoms. The topological polar surface area (TPSA) is 105 Å². The van der Waals surface area contributed by atoms with Crippen LogP contribution in [0.2, 0.25) is 0 Å². The summed E-state index contributed by atoms with van der Waals surface area (Å²) in [6.45, 7) is -0.113. The SMILES string of the molecule is COC(CNC(=O)Nc1cnn(C)c1)C(=O)O. The molecule has 0 aliphatic carbocycles. The minimum atomic E-state index is -1.13. The lowest BCUT2D eigenvalue weighted by Crippen LogP contribution is -2.39. The van der Waals surface area contributed by atoms with Gasteiger partial charge in [-0.05, 0) is 0 Å². The molecule has 1 rings (SSSR count).